The van der Waals surface area contributed by atoms with Crippen LogP contribution in [0.3, 0.4) is 0 Å². The Kier molecular flexibility index (Phi) is 5.31. The number of hydrogen-bond donors (Lipinski definition) is 4. The minimum atomic E-state index is -1.51. The summed E-state index contributed by atoms with van der Waals surface area (Å²) in [6.45, 7) is 3.05. The quantitative estimate of drug-likeness (QED) is 0.370. The Hall–Kier alpha value is -3.58. The van der Waals surface area contributed by atoms with Crippen molar-refractivity contribution in [1.29, 1.82) is 5.26 Å². The first-order valence-electron chi connectivity index (χ1n) is 12.2. The van der Waals surface area contributed by atoms with Gasteiger partial charge in [-0.25, -0.2) is 4.39 Å². The van der Waals surface area contributed by atoms with Gasteiger partial charge in [0.2, 0.25) is 0 Å². The minimum Gasteiger partial charge on any atom is -0.376 e. The predicted octanol–water partition coefficient (Wildman–Crippen LogP) is 4.58. The van der Waals surface area contributed by atoms with E-state index in [0.29, 0.717) is 63.4 Å². The van der Waals surface area contributed by atoms with Crippen LogP contribution in [-0.4, -0.2) is 34.8 Å². The molecule has 0 spiro atoms. The number of rotatable bonds is 7. The number of pyridine rings is 1. The summed E-state index contributed by atoms with van der Waals surface area (Å²) in [5, 5.41) is 19.5. The lowest BCUT2D eigenvalue weighted by Crippen LogP contribution is -2.53. The molecule has 8 nitrogen and oxygen atoms in total. The lowest BCUT2D eigenvalue weighted by molar-refractivity contribution is -0.0317. The summed E-state index contributed by atoms with van der Waals surface area (Å²) in [4.78, 5) is 4.42. The van der Waals surface area contributed by atoms with E-state index in [-0.39, 0.29) is 11.4 Å². The van der Waals surface area contributed by atoms with E-state index in [4.69, 9.17) is 16.3 Å². The molecule has 0 unspecified atom stereocenters. The summed E-state index contributed by atoms with van der Waals surface area (Å²) in [7, 11) is 0. The fourth-order valence-corrected chi connectivity index (χ4v) is 4.66. The molecule has 184 valence electrons. The number of hydrogen-bond acceptors (Lipinski definition) is 8. The van der Waals surface area contributed by atoms with Crippen LogP contribution in [0.4, 0.5) is 15.8 Å². The highest BCUT2D eigenvalue weighted by Gasteiger charge is 2.35. The van der Waals surface area contributed by atoms with Gasteiger partial charge in [0.05, 0.1) is 53.6 Å². The molecule has 6 rings (SSSR count). The van der Waals surface area contributed by atoms with Gasteiger partial charge in [0.25, 0.3) is 0 Å². The third-order valence-corrected chi connectivity index (χ3v) is 6.80. The van der Waals surface area contributed by atoms with Crippen molar-refractivity contribution in [2.45, 2.75) is 37.4 Å². The second-order valence-electron chi connectivity index (χ2n) is 9.62. The van der Waals surface area contributed by atoms with Gasteiger partial charge >= 0.3 is 0 Å². The third-order valence-electron chi connectivity index (χ3n) is 6.51. The van der Waals surface area contributed by atoms with Crippen molar-refractivity contribution in [3.63, 3.8) is 0 Å². The standard InChI is InChI=1S/C26H25ClFN7O/c1-26(13-36-14-26)32-23-16(10-29)11-30-25-20(23)8-18(9-21(25)27)31-24(15-2-4-17(28)5-3-15)22-12-35(34-33-22)19-6-7-19/h2-5,8-9,11-12,19,24,31,33-34H,6-7,13-14H2,1H3,(H,30,32)/t24-/m1/s1/i24D. The minimum absolute atomic E-state index is 0.320. The maximum Gasteiger partial charge on any atom is 0.123 e. The van der Waals surface area contributed by atoms with Crippen LogP contribution in [0.15, 0.2) is 54.5 Å². The Balaban J connectivity index is 1.45. The second-order valence-corrected chi connectivity index (χ2v) is 10.0. The molecule has 10 heteroatoms. The molecule has 2 aliphatic heterocycles. The second kappa shape index (κ2) is 8.82. The number of benzene rings is 2. The van der Waals surface area contributed by atoms with Crippen LogP contribution in [0.5, 0.6) is 0 Å². The molecule has 3 heterocycles. The van der Waals surface area contributed by atoms with Crippen LogP contribution in [0.2, 0.25) is 5.02 Å². The highest BCUT2D eigenvalue weighted by Crippen LogP contribution is 2.38. The summed E-state index contributed by atoms with van der Waals surface area (Å²) >= 11 is 6.68. The van der Waals surface area contributed by atoms with E-state index in [2.05, 4.69) is 32.6 Å². The number of hydrazine groups is 2. The number of ether oxygens (including phenoxy) is 1. The molecular formula is C26H25ClFN7O. The van der Waals surface area contributed by atoms with E-state index < -0.39 is 6.02 Å². The molecule has 2 aromatic carbocycles. The Morgan fingerprint density at radius 3 is 2.78 bits per heavy atom. The van der Waals surface area contributed by atoms with Crippen LogP contribution in [0, 0.1) is 17.1 Å². The first-order valence-corrected chi connectivity index (χ1v) is 12.1. The van der Waals surface area contributed by atoms with Crippen molar-refractivity contribution < 1.29 is 10.5 Å². The van der Waals surface area contributed by atoms with Gasteiger partial charge in [-0.2, -0.15) is 5.26 Å². The molecule has 1 aromatic heterocycles. The molecule has 3 aromatic rings. The Labute approximate surface area is 214 Å². The first kappa shape index (κ1) is 21.7. The van der Waals surface area contributed by atoms with Gasteiger partial charge < -0.3 is 20.8 Å². The highest BCUT2D eigenvalue weighted by molar-refractivity contribution is 6.35. The number of anilines is 2. The zero-order valence-corrected chi connectivity index (χ0v) is 20.3. The number of nitrogens with zero attached hydrogens (tertiary/aromatic N) is 3. The van der Waals surface area contributed by atoms with Crippen molar-refractivity contribution in [1.82, 2.24) is 21.0 Å². The molecular weight excluding hydrogens is 481 g/mol. The van der Waals surface area contributed by atoms with E-state index >= 15 is 0 Å². The number of nitrogens with one attached hydrogen (secondary N) is 4. The topological polar surface area (TPSA) is 97.3 Å². The van der Waals surface area contributed by atoms with Crippen molar-refractivity contribution in [3.8, 4) is 6.07 Å². The normalized spacial score (nSPS) is 20.4. The smallest absolute Gasteiger partial charge is 0.123 e. The largest absolute Gasteiger partial charge is 0.376 e. The molecule has 0 amide bonds. The van der Waals surface area contributed by atoms with Crippen LogP contribution in [-0.2, 0) is 4.74 Å². The van der Waals surface area contributed by atoms with Crippen molar-refractivity contribution >= 4 is 33.9 Å². The number of aromatic nitrogens is 1. The van der Waals surface area contributed by atoms with E-state index in [0.717, 1.165) is 12.8 Å². The number of nitriles is 1. The van der Waals surface area contributed by atoms with Gasteiger partial charge in [0, 0.05) is 29.5 Å². The zero-order chi connectivity index (χ0) is 25.8. The summed E-state index contributed by atoms with van der Waals surface area (Å²) in [6.07, 6.45) is 5.51. The molecule has 0 radical (unpaired) electrons. The van der Waals surface area contributed by atoms with Crippen LogP contribution >= 0.6 is 11.6 Å². The Morgan fingerprint density at radius 2 is 2.11 bits per heavy atom. The van der Waals surface area contributed by atoms with Crippen LogP contribution in [0.25, 0.3) is 10.9 Å². The summed E-state index contributed by atoms with van der Waals surface area (Å²) < 4.78 is 28.7. The zero-order valence-electron chi connectivity index (χ0n) is 20.5. The molecule has 4 N–H and O–H groups in total. The van der Waals surface area contributed by atoms with Crippen LogP contribution < -0.4 is 21.6 Å². The molecule has 1 saturated heterocycles. The maximum absolute atomic E-state index is 13.8. The monoisotopic (exact) mass is 506 g/mol. The predicted molar refractivity (Wildman–Crippen MR) is 136 cm³/mol. The van der Waals surface area contributed by atoms with Crippen molar-refractivity contribution in [3.05, 3.63) is 76.5 Å². The van der Waals surface area contributed by atoms with Gasteiger partial charge in [0.15, 0.2) is 0 Å². The molecule has 3 aliphatic rings. The van der Waals surface area contributed by atoms with E-state index in [1.165, 1.54) is 18.3 Å². The number of halogens is 2. The molecule has 1 atom stereocenters. The first-order chi connectivity index (χ1) is 17.8. The SMILES string of the molecule is [2H][C@](Nc1cc(Cl)c2ncc(C#N)c(NC3(C)COC3)c2c1)(C1=CN(C2CC2)NN1)c1ccc(F)cc1. The van der Waals surface area contributed by atoms with Gasteiger partial charge in [-0.15, -0.1) is 5.53 Å². The van der Waals surface area contributed by atoms with Crippen LogP contribution in [0.1, 0.15) is 38.3 Å². The fourth-order valence-electron chi connectivity index (χ4n) is 4.39. The lowest BCUT2D eigenvalue weighted by Gasteiger charge is -2.40. The van der Waals surface area contributed by atoms with Gasteiger partial charge in [0.1, 0.15) is 11.9 Å². The Bertz CT molecular complexity index is 1450. The molecule has 1 saturated carbocycles. The third kappa shape index (κ3) is 4.28. The molecule has 1 aliphatic carbocycles. The summed E-state index contributed by atoms with van der Waals surface area (Å²) in [5.74, 6) is -0.384. The average Bonchev–Trinajstić information content (AvgIpc) is 3.59. The van der Waals surface area contributed by atoms with Crippen molar-refractivity contribution in [2.24, 2.45) is 0 Å². The summed E-state index contributed by atoms with van der Waals surface area (Å²) in [5.41, 5.74) is 9.05. The van der Waals surface area contributed by atoms with E-state index in [1.807, 2.05) is 24.2 Å². The average molecular weight is 507 g/mol. The van der Waals surface area contributed by atoms with E-state index in [9.17, 15) is 11.0 Å². The maximum atomic E-state index is 13.8. The molecule has 36 heavy (non-hydrogen) atoms. The van der Waals surface area contributed by atoms with E-state index in [1.54, 1.807) is 18.2 Å². The molecule has 0 bridgehead atoms. The number of fused-ring (bicyclic) bond motifs is 1. The highest BCUT2D eigenvalue weighted by atomic mass is 35.5. The van der Waals surface area contributed by atoms with Gasteiger partial charge in [-0.3, -0.25) is 9.99 Å². The molecule has 2 fully saturated rings. The van der Waals surface area contributed by atoms with Gasteiger partial charge in [-0.05, 0) is 49.6 Å². The Morgan fingerprint density at radius 1 is 1.33 bits per heavy atom. The van der Waals surface area contributed by atoms with Gasteiger partial charge in [-0.1, -0.05) is 23.7 Å². The lowest BCUT2D eigenvalue weighted by atomic mass is 9.98. The fraction of sp³-hybridized carbons (Fsp3) is 0.308. The van der Waals surface area contributed by atoms with Crippen molar-refractivity contribution in [2.75, 3.05) is 23.8 Å². The summed E-state index contributed by atoms with van der Waals surface area (Å²) in [6, 6.07) is 10.4.